The molecule has 1 N–H and O–H groups in total. The molecule has 1 atom stereocenters. The van der Waals surface area contributed by atoms with Crippen LogP contribution in [0.15, 0.2) is 12.1 Å². The standard InChI is InChI=1S/C13H17NO3/c1-8-6-10(17-3)7-9-4-5-11(13(15)16)14(2)12(8)9/h6-7,11H,4-5H2,1-3H3,(H,15,16). The summed E-state index contributed by atoms with van der Waals surface area (Å²) in [5.74, 6) is 0.0804. The first-order valence-electron chi connectivity index (χ1n) is 5.67. The first kappa shape index (κ1) is 11.8. The molecule has 1 heterocycles. The number of methoxy groups -OCH3 is 1. The second-order valence-corrected chi connectivity index (χ2v) is 4.46. The van der Waals surface area contributed by atoms with Crippen molar-refractivity contribution < 1.29 is 14.6 Å². The zero-order chi connectivity index (χ0) is 12.6. The SMILES string of the molecule is COc1cc(C)c2c(c1)CCC(C(=O)O)N2C. The van der Waals surface area contributed by atoms with Crippen LogP contribution in [0.5, 0.6) is 5.75 Å². The lowest BCUT2D eigenvalue weighted by atomic mass is 9.93. The Kier molecular flexibility index (Phi) is 2.96. The molecule has 4 nitrogen and oxygen atoms in total. The lowest BCUT2D eigenvalue weighted by Crippen LogP contribution is -2.42. The predicted molar refractivity (Wildman–Crippen MR) is 65.9 cm³/mol. The van der Waals surface area contributed by atoms with Crippen molar-refractivity contribution in [1.29, 1.82) is 0 Å². The van der Waals surface area contributed by atoms with Crippen LogP contribution in [0.25, 0.3) is 0 Å². The molecule has 1 aliphatic rings. The van der Waals surface area contributed by atoms with E-state index in [1.54, 1.807) is 7.11 Å². The number of ether oxygens (including phenoxy) is 1. The van der Waals surface area contributed by atoms with E-state index in [1.807, 2.05) is 31.0 Å². The maximum Gasteiger partial charge on any atom is 0.326 e. The van der Waals surface area contributed by atoms with Gasteiger partial charge in [-0.25, -0.2) is 4.79 Å². The summed E-state index contributed by atoms with van der Waals surface area (Å²) in [6, 6.07) is 3.52. The molecule has 0 bridgehead atoms. The second-order valence-electron chi connectivity index (χ2n) is 4.46. The van der Waals surface area contributed by atoms with E-state index >= 15 is 0 Å². The number of carboxylic acids is 1. The Morgan fingerprint density at radius 1 is 1.53 bits per heavy atom. The zero-order valence-corrected chi connectivity index (χ0v) is 10.4. The Labute approximate surface area is 101 Å². The average Bonchev–Trinajstić information content (AvgIpc) is 2.28. The number of anilines is 1. The summed E-state index contributed by atoms with van der Waals surface area (Å²) in [6.07, 6.45) is 1.43. The summed E-state index contributed by atoms with van der Waals surface area (Å²) in [6.45, 7) is 1.99. The number of aliphatic carboxylic acids is 1. The van der Waals surface area contributed by atoms with Gasteiger partial charge in [0.2, 0.25) is 0 Å². The lowest BCUT2D eigenvalue weighted by Gasteiger charge is -2.34. The normalized spacial score (nSPS) is 18.8. The minimum Gasteiger partial charge on any atom is -0.497 e. The summed E-state index contributed by atoms with van der Waals surface area (Å²) in [4.78, 5) is 13.0. The van der Waals surface area contributed by atoms with Gasteiger partial charge in [-0.1, -0.05) is 0 Å². The van der Waals surface area contributed by atoms with E-state index in [1.165, 1.54) is 5.56 Å². The Morgan fingerprint density at radius 3 is 2.82 bits per heavy atom. The molecule has 1 aliphatic heterocycles. The van der Waals surface area contributed by atoms with E-state index in [2.05, 4.69) is 0 Å². The number of rotatable bonds is 2. The number of hydrogen-bond acceptors (Lipinski definition) is 3. The lowest BCUT2D eigenvalue weighted by molar-refractivity contribution is -0.138. The number of benzene rings is 1. The van der Waals surface area contributed by atoms with Crippen molar-refractivity contribution in [3.05, 3.63) is 23.3 Å². The van der Waals surface area contributed by atoms with Crippen molar-refractivity contribution >= 4 is 11.7 Å². The molecule has 17 heavy (non-hydrogen) atoms. The number of carbonyl (C=O) groups is 1. The molecule has 0 radical (unpaired) electrons. The van der Waals surface area contributed by atoms with Gasteiger partial charge < -0.3 is 14.7 Å². The van der Waals surface area contributed by atoms with Crippen molar-refractivity contribution in [2.75, 3.05) is 19.1 Å². The van der Waals surface area contributed by atoms with Crippen LogP contribution in [0.4, 0.5) is 5.69 Å². The number of likely N-dealkylation sites (N-methyl/N-ethyl adjacent to an activating group) is 1. The minimum absolute atomic E-state index is 0.422. The second kappa shape index (κ2) is 4.28. The van der Waals surface area contributed by atoms with Gasteiger partial charge in [0.15, 0.2) is 0 Å². The molecule has 4 heteroatoms. The monoisotopic (exact) mass is 235 g/mol. The van der Waals surface area contributed by atoms with Crippen LogP contribution < -0.4 is 9.64 Å². The van der Waals surface area contributed by atoms with Crippen LogP contribution in [0.3, 0.4) is 0 Å². The first-order chi connectivity index (χ1) is 8.04. The molecule has 0 spiro atoms. The fourth-order valence-corrected chi connectivity index (χ4v) is 2.56. The highest BCUT2D eigenvalue weighted by Gasteiger charge is 2.30. The van der Waals surface area contributed by atoms with Crippen LogP contribution in [-0.4, -0.2) is 31.3 Å². The fourth-order valence-electron chi connectivity index (χ4n) is 2.56. The van der Waals surface area contributed by atoms with Crippen LogP contribution in [0.1, 0.15) is 17.5 Å². The van der Waals surface area contributed by atoms with E-state index < -0.39 is 12.0 Å². The summed E-state index contributed by atoms with van der Waals surface area (Å²) >= 11 is 0. The van der Waals surface area contributed by atoms with Gasteiger partial charge in [0, 0.05) is 12.7 Å². The fraction of sp³-hybridized carbons (Fsp3) is 0.462. The third-order valence-corrected chi connectivity index (χ3v) is 3.38. The molecule has 1 aromatic carbocycles. The van der Waals surface area contributed by atoms with Crippen molar-refractivity contribution in [3.8, 4) is 5.75 Å². The third-order valence-electron chi connectivity index (χ3n) is 3.38. The number of hydrogen-bond donors (Lipinski definition) is 1. The average molecular weight is 235 g/mol. The third kappa shape index (κ3) is 1.95. The quantitative estimate of drug-likeness (QED) is 0.849. The number of aryl methyl sites for hydroxylation is 2. The number of carboxylic acid groups (broad SMARTS) is 1. The van der Waals surface area contributed by atoms with Gasteiger partial charge in [0.05, 0.1) is 7.11 Å². The summed E-state index contributed by atoms with van der Waals surface area (Å²) in [7, 11) is 3.49. The van der Waals surface area contributed by atoms with Gasteiger partial charge in [-0.2, -0.15) is 0 Å². The molecule has 0 saturated carbocycles. The zero-order valence-electron chi connectivity index (χ0n) is 10.4. The molecule has 0 aromatic heterocycles. The molecule has 0 saturated heterocycles. The molecule has 2 rings (SSSR count). The summed E-state index contributed by atoms with van der Waals surface area (Å²) in [5.41, 5.74) is 3.26. The molecule has 92 valence electrons. The van der Waals surface area contributed by atoms with Gasteiger partial charge in [-0.15, -0.1) is 0 Å². The Morgan fingerprint density at radius 2 is 2.24 bits per heavy atom. The van der Waals surface area contributed by atoms with Crippen LogP contribution in [-0.2, 0) is 11.2 Å². The van der Waals surface area contributed by atoms with Crippen LogP contribution >= 0.6 is 0 Å². The Bertz CT molecular complexity index is 456. The molecule has 0 amide bonds. The molecule has 1 aromatic rings. The smallest absolute Gasteiger partial charge is 0.326 e. The van der Waals surface area contributed by atoms with Crippen molar-refractivity contribution in [3.63, 3.8) is 0 Å². The van der Waals surface area contributed by atoms with Crippen LogP contribution in [0, 0.1) is 6.92 Å². The van der Waals surface area contributed by atoms with E-state index in [0.717, 1.165) is 23.4 Å². The first-order valence-corrected chi connectivity index (χ1v) is 5.67. The summed E-state index contributed by atoms with van der Waals surface area (Å²) in [5, 5.41) is 9.16. The Hall–Kier alpha value is -1.71. The summed E-state index contributed by atoms with van der Waals surface area (Å²) < 4.78 is 5.24. The van der Waals surface area contributed by atoms with E-state index in [4.69, 9.17) is 9.84 Å². The topological polar surface area (TPSA) is 49.8 Å². The van der Waals surface area contributed by atoms with Gasteiger partial charge in [-0.05, 0) is 43.0 Å². The van der Waals surface area contributed by atoms with Crippen LogP contribution in [0.2, 0.25) is 0 Å². The van der Waals surface area contributed by atoms with E-state index in [-0.39, 0.29) is 0 Å². The maximum absolute atomic E-state index is 11.1. The molecule has 0 aliphatic carbocycles. The van der Waals surface area contributed by atoms with Gasteiger partial charge in [-0.3, -0.25) is 0 Å². The molecule has 0 fully saturated rings. The highest BCUT2D eigenvalue weighted by Crippen LogP contribution is 2.35. The van der Waals surface area contributed by atoms with E-state index in [9.17, 15) is 4.79 Å². The van der Waals surface area contributed by atoms with Crippen molar-refractivity contribution in [2.24, 2.45) is 0 Å². The molecular weight excluding hydrogens is 218 g/mol. The predicted octanol–water partition coefficient (Wildman–Crippen LogP) is 1.84. The highest BCUT2D eigenvalue weighted by atomic mass is 16.5. The van der Waals surface area contributed by atoms with Crippen molar-refractivity contribution in [2.45, 2.75) is 25.8 Å². The minimum atomic E-state index is -0.756. The van der Waals surface area contributed by atoms with Gasteiger partial charge >= 0.3 is 5.97 Å². The number of nitrogens with zero attached hydrogens (tertiary/aromatic N) is 1. The van der Waals surface area contributed by atoms with Gasteiger partial charge in [0.25, 0.3) is 0 Å². The van der Waals surface area contributed by atoms with E-state index in [0.29, 0.717) is 6.42 Å². The largest absolute Gasteiger partial charge is 0.497 e. The molecular formula is C13H17NO3. The van der Waals surface area contributed by atoms with Crippen molar-refractivity contribution in [1.82, 2.24) is 0 Å². The maximum atomic E-state index is 11.1. The molecule has 1 unspecified atom stereocenters. The Balaban J connectivity index is 2.46. The number of fused-ring (bicyclic) bond motifs is 1. The van der Waals surface area contributed by atoms with Gasteiger partial charge in [0.1, 0.15) is 11.8 Å². The highest BCUT2D eigenvalue weighted by molar-refractivity contribution is 5.80.